The zero-order valence-corrected chi connectivity index (χ0v) is 17.2. The van der Waals surface area contributed by atoms with Gasteiger partial charge in [-0.3, -0.25) is 14.4 Å². The Labute approximate surface area is 181 Å². The van der Waals surface area contributed by atoms with Crippen LogP contribution in [0.15, 0.2) is 18.2 Å². The molecular weight excluding hydrogens is 436 g/mol. The molecule has 3 N–H and O–H groups in total. The maximum absolute atomic E-state index is 13.4. The number of carbonyl (C=O) groups excluding carboxylic acids is 3. The van der Waals surface area contributed by atoms with E-state index in [-0.39, 0.29) is 33.6 Å². The molecule has 1 aliphatic carbocycles. The predicted octanol–water partition coefficient (Wildman–Crippen LogP) is 2.96. The molecule has 1 fully saturated rings. The molecule has 0 atom stereocenters. The van der Waals surface area contributed by atoms with Gasteiger partial charge in [0.2, 0.25) is 0 Å². The number of benzene rings is 1. The largest absolute Gasteiger partial charge is 0.394 e. The zero-order chi connectivity index (χ0) is 21.6. The Kier molecular flexibility index (Phi) is 5.34. The van der Waals surface area contributed by atoms with Gasteiger partial charge >= 0.3 is 0 Å². The second kappa shape index (κ2) is 7.68. The number of hydrogen-bond donors (Lipinski definition) is 3. The van der Waals surface area contributed by atoms with E-state index in [0.717, 1.165) is 6.07 Å². The van der Waals surface area contributed by atoms with Gasteiger partial charge in [0, 0.05) is 17.9 Å². The summed E-state index contributed by atoms with van der Waals surface area (Å²) in [6.07, 6.45) is 2.40. The average Bonchev–Trinajstić information content (AvgIpc) is 3.22. The first-order valence-corrected chi connectivity index (χ1v) is 10.2. The third-order valence-corrected chi connectivity index (χ3v) is 6.13. The van der Waals surface area contributed by atoms with Crippen LogP contribution >= 0.6 is 23.2 Å². The van der Waals surface area contributed by atoms with Crippen LogP contribution in [0.3, 0.4) is 0 Å². The SMILES string of the molecule is O=C(NC1(CO)CC1)C(=O)c1c(Cl)c(C(=O)Nc2ccc(F)c(Cl)c2)c2n1CCC2. The van der Waals surface area contributed by atoms with E-state index >= 15 is 0 Å². The van der Waals surface area contributed by atoms with Crippen LogP contribution in [0.5, 0.6) is 0 Å². The molecule has 0 bridgehead atoms. The van der Waals surface area contributed by atoms with E-state index in [1.54, 1.807) is 4.57 Å². The maximum atomic E-state index is 13.4. The molecule has 2 aliphatic rings. The Hall–Kier alpha value is -2.42. The van der Waals surface area contributed by atoms with Crippen LogP contribution in [-0.2, 0) is 17.8 Å². The van der Waals surface area contributed by atoms with Crippen molar-refractivity contribution in [3.8, 4) is 0 Å². The topological polar surface area (TPSA) is 100 Å². The number of aliphatic hydroxyl groups excluding tert-OH is 1. The highest BCUT2D eigenvalue weighted by Gasteiger charge is 2.45. The molecule has 2 heterocycles. The first kappa shape index (κ1) is 20.8. The minimum atomic E-state index is -0.868. The summed E-state index contributed by atoms with van der Waals surface area (Å²) in [5.74, 6) is -2.92. The fourth-order valence-corrected chi connectivity index (χ4v) is 4.21. The van der Waals surface area contributed by atoms with Gasteiger partial charge in [0.1, 0.15) is 11.5 Å². The number of hydrogen-bond acceptors (Lipinski definition) is 4. The van der Waals surface area contributed by atoms with Crippen molar-refractivity contribution in [1.82, 2.24) is 9.88 Å². The lowest BCUT2D eigenvalue weighted by Crippen LogP contribution is -2.43. The molecule has 1 aromatic heterocycles. The van der Waals surface area contributed by atoms with Gasteiger partial charge in [-0.15, -0.1) is 0 Å². The standard InChI is InChI=1S/C20H18Cl2FN3O4/c21-11-8-10(3-4-12(11)23)24-18(29)14-13-2-1-7-26(13)16(15(14)22)17(28)19(30)25-20(9-27)5-6-20/h3-4,8,27H,1-2,5-7,9H2,(H,24,29)(H,25,30). The smallest absolute Gasteiger partial charge is 0.294 e. The van der Waals surface area contributed by atoms with Gasteiger partial charge in [0.25, 0.3) is 17.6 Å². The molecule has 30 heavy (non-hydrogen) atoms. The quantitative estimate of drug-likeness (QED) is 0.462. The van der Waals surface area contributed by atoms with Crippen molar-refractivity contribution in [3.63, 3.8) is 0 Å². The third kappa shape index (κ3) is 3.59. The first-order valence-electron chi connectivity index (χ1n) is 9.41. The fourth-order valence-electron chi connectivity index (χ4n) is 3.64. The number of halogens is 3. The third-order valence-electron chi connectivity index (χ3n) is 5.47. The van der Waals surface area contributed by atoms with E-state index in [0.29, 0.717) is 37.9 Å². The van der Waals surface area contributed by atoms with Gasteiger partial charge in [-0.05, 0) is 43.9 Å². The van der Waals surface area contributed by atoms with E-state index in [1.165, 1.54) is 12.1 Å². The van der Waals surface area contributed by atoms with Gasteiger partial charge in [-0.25, -0.2) is 4.39 Å². The van der Waals surface area contributed by atoms with Crippen molar-refractivity contribution in [2.45, 2.75) is 37.8 Å². The summed E-state index contributed by atoms with van der Waals surface area (Å²) >= 11 is 12.2. The van der Waals surface area contributed by atoms with Crippen molar-refractivity contribution < 1.29 is 23.9 Å². The van der Waals surface area contributed by atoms with Crippen LogP contribution in [0, 0.1) is 5.82 Å². The minimum absolute atomic E-state index is 0.0438. The molecule has 2 aromatic rings. The van der Waals surface area contributed by atoms with Crippen molar-refractivity contribution >= 4 is 46.5 Å². The highest BCUT2D eigenvalue weighted by Crippen LogP contribution is 2.36. The Morgan fingerprint density at radius 3 is 2.60 bits per heavy atom. The van der Waals surface area contributed by atoms with E-state index in [1.807, 2.05) is 0 Å². The van der Waals surface area contributed by atoms with Crippen molar-refractivity contribution in [3.05, 3.63) is 51.0 Å². The number of Topliss-reactive ketones (excluding diaryl/α,β-unsaturated/α-hetero) is 1. The van der Waals surface area contributed by atoms with Crippen molar-refractivity contribution in [2.75, 3.05) is 11.9 Å². The molecule has 0 spiro atoms. The summed E-state index contributed by atoms with van der Waals surface area (Å²) in [6, 6.07) is 3.74. The second-order valence-corrected chi connectivity index (χ2v) is 8.33. The summed E-state index contributed by atoms with van der Waals surface area (Å²) in [5.41, 5.74) is 0.142. The van der Waals surface area contributed by atoms with Crippen LogP contribution in [0.2, 0.25) is 10.0 Å². The normalized spacial score (nSPS) is 16.1. The Balaban J connectivity index is 1.63. The molecule has 7 nitrogen and oxygen atoms in total. The number of aliphatic hydroxyl groups is 1. The van der Waals surface area contributed by atoms with Gasteiger partial charge in [0.15, 0.2) is 0 Å². The monoisotopic (exact) mass is 453 g/mol. The number of fused-ring (bicyclic) bond motifs is 1. The molecule has 158 valence electrons. The molecule has 2 amide bonds. The number of amides is 2. The summed E-state index contributed by atoms with van der Waals surface area (Å²) in [6.45, 7) is 0.199. The molecule has 1 aromatic carbocycles. The molecule has 1 aliphatic heterocycles. The predicted molar refractivity (Wildman–Crippen MR) is 109 cm³/mol. The zero-order valence-electron chi connectivity index (χ0n) is 15.7. The van der Waals surface area contributed by atoms with Crippen LogP contribution in [0.1, 0.15) is 45.8 Å². The van der Waals surface area contributed by atoms with Crippen LogP contribution in [0.25, 0.3) is 0 Å². The molecule has 0 radical (unpaired) electrons. The number of carbonyl (C=O) groups is 3. The lowest BCUT2D eigenvalue weighted by atomic mass is 10.1. The van der Waals surface area contributed by atoms with Gasteiger partial charge in [-0.2, -0.15) is 0 Å². The Bertz CT molecular complexity index is 1080. The second-order valence-electron chi connectivity index (χ2n) is 7.54. The summed E-state index contributed by atoms with van der Waals surface area (Å²) in [4.78, 5) is 38.2. The molecule has 0 unspecified atom stereocenters. The fraction of sp³-hybridized carbons (Fsp3) is 0.350. The van der Waals surface area contributed by atoms with Crippen molar-refractivity contribution in [2.24, 2.45) is 0 Å². The van der Waals surface area contributed by atoms with E-state index in [9.17, 15) is 23.9 Å². The van der Waals surface area contributed by atoms with Crippen LogP contribution < -0.4 is 10.6 Å². The van der Waals surface area contributed by atoms with Crippen LogP contribution in [-0.4, -0.2) is 39.4 Å². The van der Waals surface area contributed by atoms with E-state index in [4.69, 9.17) is 23.2 Å². The summed E-state index contributed by atoms with van der Waals surface area (Å²) < 4.78 is 15.0. The summed E-state index contributed by atoms with van der Waals surface area (Å²) in [7, 11) is 0. The Morgan fingerprint density at radius 1 is 1.23 bits per heavy atom. The van der Waals surface area contributed by atoms with Crippen molar-refractivity contribution in [1.29, 1.82) is 0 Å². The highest BCUT2D eigenvalue weighted by atomic mass is 35.5. The van der Waals surface area contributed by atoms with Crippen LogP contribution in [0.4, 0.5) is 10.1 Å². The number of rotatable bonds is 6. The maximum Gasteiger partial charge on any atom is 0.294 e. The van der Waals surface area contributed by atoms with Gasteiger partial charge < -0.3 is 20.3 Å². The lowest BCUT2D eigenvalue weighted by molar-refractivity contribution is -0.118. The Morgan fingerprint density at radius 2 is 1.97 bits per heavy atom. The highest BCUT2D eigenvalue weighted by molar-refractivity contribution is 6.48. The van der Waals surface area contributed by atoms with Gasteiger partial charge in [-0.1, -0.05) is 23.2 Å². The number of aromatic nitrogens is 1. The number of ketones is 1. The molecule has 4 rings (SSSR count). The first-order chi connectivity index (χ1) is 14.3. The number of anilines is 1. The molecule has 1 saturated carbocycles. The minimum Gasteiger partial charge on any atom is -0.394 e. The number of nitrogens with zero attached hydrogens (tertiary/aromatic N) is 1. The molecule has 0 saturated heterocycles. The average molecular weight is 454 g/mol. The van der Waals surface area contributed by atoms with E-state index in [2.05, 4.69) is 10.6 Å². The lowest BCUT2D eigenvalue weighted by Gasteiger charge is -2.14. The van der Waals surface area contributed by atoms with Gasteiger partial charge in [0.05, 0.1) is 27.8 Å². The molecular formula is C20H18Cl2FN3O4. The van der Waals surface area contributed by atoms with E-state index < -0.39 is 29.0 Å². The summed E-state index contributed by atoms with van der Waals surface area (Å²) in [5, 5.41) is 14.3. The molecule has 10 heteroatoms. The number of nitrogens with one attached hydrogen (secondary N) is 2.